The van der Waals surface area contributed by atoms with E-state index in [1.165, 1.54) is 0 Å². The van der Waals surface area contributed by atoms with E-state index in [1.54, 1.807) is 27.6 Å². The zero-order valence-electron chi connectivity index (χ0n) is 35.2. The molecule has 6 atom stereocenters. The standard InChI is InChI=1S/C47H55FN6O6Si/c1-5-59-36-19-21-41-33(26-36)27-39(49-23-12-13-25-55)45(57)53(41)35-18-20-42-38(28-35)47(46(58)54(42)34-16-10-7-11-17-34)31(2)44(61(3,4)48)43(60-47)22-24-52-29-40(50-51-52)37(30-56)32-14-8-6-9-15-32/h6-11,14-21,26,28-29,31,37,39,43-44,49,55-56H,5,12-13,22-25,27,30H2,1-4H3/t31-,37?,39?,43+,44-,47+/m0/s1. The van der Waals surface area contributed by atoms with Gasteiger partial charge in [-0.3, -0.25) is 24.1 Å². The third-order valence-corrected chi connectivity index (χ3v) is 15.0. The molecule has 14 heteroatoms. The summed E-state index contributed by atoms with van der Waals surface area (Å²) in [5.41, 5.74) is 3.52. The molecule has 61 heavy (non-hydrogen) atoms. The van der Waals surface area contributed by atoms with Gasteiger partial charge in [0.25, 0.3) is 5.91 Å². The van der Waals surface area contributed by atoms with Crippen LogP contribution in [0, 0.1) is 5.92 Å². The summed E-state index contributed by atoms with van der Waals surface area (Å²) in [6.45, 7) is 8.58. The minimum absolute atomic E-state index is 0.0774. The van der Waals surface area contributed by atoms with Gasteiger partial charge in [0.15, 0.2) is 5.60 Å². The summed E-state index contributed by atoms with van der Waals surface area (Å²) in [5, 5.41) is 31.9. The van der Waals surface area contributed by atoms with Crippen LogP contribution in [0.5, 0.6) is 5.75 Å². The van der Waals surface area contributed by atoms with Gasteiger partial charge in [-0.05, 0) is 112 Å². The van der Waals surface area contributed by atoms with Crippen LogP contribution in [0.4, 0.5) is 26.9 Å². The Kier molecular flexibility index (Phi) is 12.3. The van der Waals surface area contributed by atoms with Gasteiger partial charge in [-0.1, -0.05) is 60.7 Å². The minimum Gasteiger partial charge on any atom is -0.494 e. The van der Waals surface area contributed by atoms with Gasteiger partial charge in [0.1, 0.15) is 5.75 Å². The van der Waals surface area contributed by atoms with Crippen molar-refractivity contribution in [2.24, 2.45) is 5.92 Å². The van der Waals surface area contributed by atoms with Crippen molar-refractivity contribution in [2.75, 3.05) is 36.2 Å². The summed E-state index contributed by atoms with van der Waals surface area (Å²) in [7, 11) is -3.52. The number of nitrogens with zero attached hydrogens (tertiary/aromatic N) is 5. The van der Waals surface area contributed by atoms with Crippen LogP contribution in [0.1, 0.15) is 61.4 Å². The number of carbonyl (C=O) groups excluding carboxylic acids is 2. The Balaban J connectivity index is 1.18. The lowest BCUT2D eigenvalue weighted by Gasteiger charge is -2.36. The molecule has 0 saturated carbocycles. The fraction of sp³-hybridized carbons (Fsp3) is 0.404. The predicted octanol–water partition coefficient (Wildman–Crippen LogP) is 7.30. The number of amides is 2. The van der Waals surface area contributed by atoms with Gasteiger partial charge in [-0.2, -0.15) is 0 Å². The molecular formula is C47H55FN6O6Si. The van der Waals surface area contributed by atoms with Crippen molar-refractivity contribution in [1.29, 1.82) is 0 Å². The zero-order valence-corrected chi connectivity index (χ0v) is 36.2. The predicted molar refractivity (Wildman–Crippen MR) is 235 cm³/mol. The molecule has 1 aromatic heterocycles. The number of nitrogens with one attached hydrogen (secondary N) is 1. The second kappa shape index (κ2) is 17.6. The summed E-state index contributed by atoms with van der Waals surface area (Å²) in [4.78, 5) is 33.3. The number of anilines is 4. The quantitative estimate of drug-likeness (QED) is 0.0530. The van der Waals surface area contributed by atoms with E-state index in [2.05, 4.69) is 15.6 Å². The van der Waals surface area contributed by atoms with Gasteiger partial charge in [0.2, 0.25) is 14.3 Å². The summed E-state index contributed by atoms with van der Waals surface area (Å²) in [6.07, 6.45) is 3.33. The number of unbranched alkanes of at least 4 members (excludes halogenated alkanes) is 1. The van der Waals surface area contributed by atoms with Crippen molar-refractivity contribution in [3.05, 3.63) is 126 Å². The number of benzene rings is 4. The van der Waals surface area contributed by atoms with E-state index in [9.17, 15) is 15.0 Å². The fourth-order valence-electron chi connectivity index (χ4n) is 9.82. The highest BCUT2D eigenvalue weighted by atomic mass is 28.4. The number of aromatic nitrogens is 3. The van der Waals surface area contributed by atoms with Gasteiger partial charge in [0.05, 0.1) is 48.3 Å². The number of aliphatic hydroxyl groups excluding tert-OH is 2. The molecule has 4 heterocycles. The first-order valence-electron chi connectivity index (χ1n) is 21.4. The zero-order chi connectivity index (χ0) is 42.9. The summed E-state index contributed by atoms with van der Waals surface area (Å²) >= 11 is 0. The van der Waals surface area contributed by atoms with Crippen LogP contribution in [0.15, 0.2) is 103 Å². The van der Waals surface area contributed by atoms with Crippen LogP contribution in [0.3, 0.4) is 0 Å². The first-order chi connectivity index (χ1) is 29.5. The first kappa shape index (κ1) is 42.4. The van der Waals surface area contributed by atoms with E-state index in [0.717, 1.165) is 16.8 Å². The van der Waals surface area contributed by atoms with E-state index in [-0.39, 0.29) is 30.9 Å². The van der Waals surface area contributed by atoms with Crippen LogP contribution in [-0.2, 0) is 32.9 Å². The molecule has 3 N–H and O–H groups in total. The molecule has 5 aromatic rings. The molecule has 1 spiro atoms. The number of hydrogen-bond donors (Lipinski definition) is 3. The van der Waals surface area contributed by atoms with Crippen molar-refractivity contribution in [3.8, 4) is 5.75 Å². The molecule has 1 fully saturated rings. The van der Waals surface area contributed by atoms with Crippen molar-refractivity contribution in [3.63, 3.8) is 0 Å². The second-order valence-electron chi connectivity index (χ2n) is 16.8. The number of carbonyl (C=O) groups is 2. The molecule has 1 saturated heterocycles. The Labute approximate surface area is 357 Å². The Hall–Kier alpha value is -5.25. The number of aliphatic hydroxyl groups is 2. The van der Waals surface area contributed by atoms with Crippen molar-refractivity contribution < 1.29 is 33.4 Å². The maximum Gasteiger partial charge on any atom is 0.268 e. The highest BCUT2D eigenvalue weighted by molar-refractivity contribution is 6.72. The highest BCUT2D eigenvalue weighted by Gasteiger charge is 2.67. The molecule has 8 rings (SSSR count). The van der Waals surface area contributed by atoms with Crippen LogP contribution in [0.2, 0.25) is 18.6 Å². The number of fused-ring (bicyclic) bond motifs is 3. The lowest BCUT2D eigenvalue weighted by molar-refractivity contribution is -0.145. The molecule has 3 aliphatic heterocycles. The number of rotatable bonds is 16. The van der Waals surface area contributed by atoms with Gasteiger partial charge in [-0.15, -0.1) is 5.10 Å². The van der Waals surface area contributed by atoms with Gasteiger partial charge in [-0.25, -0.2) is 0 Å². The van der Waals surface area contributed by atoms with Gasteiger partial charge in [0, 0.05) is 47.7 Å². The van der Waals surface area contributed by atoms with E-state index in [4.69, 9.17) is 9.47 Å². The highest BCUT2D eigenvalue weighted by Crippen LogP contribution is 2.62. The normalized spacial score (nSPS) is 22.8. The van der Waals surface area contributed by atoms with Crippen LogP contribution >= 0.6 is 0 Å². The van der Waals surface area contributed by atoms with E-state index in [1.807, 2.05) is 117 Å². The maximum atomic E-state index is 16.9. The molecule has 3 aliphatic rings. The Bertz CT molecular complexity index is 2340. The number of aryl methyl sites for hydroxylation is 1. The maximum absolute atomic E-state index is 16.9. The lowest BCUT2D eigenvalue weighted by atomic mass is 9.82. The Morgan fingerprint density at radius 2 is 1.69 bits per heavy atom. The smallest absolute Gasteiger partial charge is 0.268 e. The molecule has 320 valence electrons. The van der Waals surface area contributed by atoms with Crippen molar-refractivity contribution in [2.45, 2.75) is 88.4 Å². The van der Waals surface area contributed by atoms with E-state index >= 15 is 8.90 Å². The van der Waals surface area contributed by atoms with E-state index in [0.29, 0.717) is 79.4 Å². The summed E-state index contributed by atoms with van der Waals surface area (Å²) in [5.74, 6) is -0.645. The summed E-state index contributed by atoms with van der Waals surface area (Å²) in [6, 6.07) is 29.9. The number of hydrogen-bond acceptors (Lipinski definition) is 9. The molecular weight excluding hydrogens is 792 g/mol. The average Bonchev–Trinajstić information content (AvgIpc) is 3.92. The van der Waals surface area contributed by atoms with Gasteiger partial charge >= 0.3 is 0 Å². The van der Waals surface area contributed by atoms with Crippen molar-refractivity contribution >= 4 is 43.0 Å². The molecule has 0 aliphatic carbocycles. The van der Waals surface area contributed by atoms with E-state index < -0.39 is 37.6 Å². The van der Waals surface area contributed by atoms with Crippen LogP contribution < -0.4 is 19.9 Å². The fourth-order valence-corrected chi connectivity index (χ4v) is 12.4. The number of para-hydroxylation sites is 1. The molecule has 0 radical (unpaired) electrons. The molecule has 2 unspecified atom stereocenters. The summed E-state index contributed by atoms with van der Waals surface area (Å²) < 4.78 is 31.6. The lowest BCUT2D eigenvalue weighted by Crippen LogP contribution is -2.49. The van der Waals surface area contributed by atoms with Crippen molar-refractivity contribution in [1.82, 2.24) is 20.3 Å². The second-order valence-corrected chi connectivity index (χ2v) is 20.6. The minimum atomic E-state index is -3.52. The average molecular weight is 847 g/mol. The largest absolute Gasteiger partial charge is 0.494 e. The molecule has 12 nitrogen and oxygen atoms in total. The Morgan fingerprint density at radius 3 is 2.39 bits per heavy atom. The molecule has 0 bridgehead atoms. The molecule has 2 amide bonds. The third kappa shape index (κ3) is 7.91. The number of ether oxygens (including phenoxy) is 2. The topological polar surface area (TPSA) is 142 Å². The first-order valence-corrected chi connectivity index (χ1v) is 24.4. The monoisotopic (exact) mass is 846 g/mol. The van der Waals surface area contributed by atoms with Crippen LogP contribution in [-0.4, -0.2) is 83.9 Å². The number of halogens is 1. The van der Waals surface area contributed by atoms with Gasteiger partial charge < -0.3 is 29.1 Å². The Morgan fingerprint density at radius 1 is 0.951 bits per heavy atom. The molecule has 4 aromatic carbocycles. The SMILES string of the molecule is CCOc1ccc2c(c1)CC(NCCCCO)C(=O)N2c1ccc2c(c1)[C@@]1(O[C@H](CCn3cc(C(CO)c4ccccc4)nn3)[C@@H]([Si](C)(C)F)[C@@H]1C)C(=O)N2c1ccccc1. The third-order valence-electron chi connectivity index (χ3n) is 12.6. The van der Waals surface area contributed by atoms with Crippen LogP contribution in [0.25, 0.3) is 0 Å².